The van der Waals surface area contributed by atoms with Gasteiger partial charge in [-0.1, -0.05) is 18.5 Å². The van der Waals surface area contributed by atoms with Crippen LogP contribution in [-0.2, 0) is 0 Å². The first kappa shape index (κ1) is 16.0. The summed E-state index contributed by atoms with van der Waals surface area (Å²) in [5, 5.41) is 0.710. The average molecular weight is 362 g/mol. The molecule has 0 saturated carbocycles. The third-order valence-electron chi connectivity index (χ3n) is 3.89. The normalized spacial score (nSPS) is 18.3. The molecule has 2 heterocycles. The van der Waals surface area contributed by atoms with E-state index in [1.807, 2.05) is 6.07 Å². The Morgan fingerprint density at radius 3 is 2.65 bits per heavy atom. The quantitative estimate of drug-likeness (QED) is 0.876. The van der Waals surface area contributed by atoms with Gasteiger partial charge in [0, 0.05) is 42.9 Å². The molecule has 0 amide bonds. The van der Waals surface area contributed by atoms with Crippen LogP contribution in [-0.4, -0.2) is 48.6 Å². The minimum absolute atomic E-state index is 0.607. The highest BCUT2D eigenvalue weighted by Crippen LogP contribution is 2.27. The maximum absolute atomic E-state index is 6.27. The molecule has 0 radical (unpaired) electrons. The summed E-state index contributed by atoms with van der Waals surface area (Å²) in [7, 11) is 0. The van der Waals surface area contributed by atoms with Gasteiger partial charge in [0.2, 0.25) is 0 Å². The molecule has 1 saturated heterocycles. The SMILES string of the molecule is CCC(CCN)N1CCN(c2ncc(Br)cc2Cl)CC1. The number of hydrogen-bond donors (Lipinski definition) is 1. The molecule has 2 rings (SSSR count). The van der Waals surface area contributed by atoms with Crippen LogP contribution in [0.1, 0.15) is 19.8 Å². The van der Waals surface area contributed by atoms with Crippen LogP contribution in [0.15, 0.2) is 16.7 Å². The van der Waals surface area contributed by atoms with Crippen molar-refractivity contribution in [1.29, 1.82) is 0 Å². The second-order valence-corrected chi connectivity index (χ2v) is 6.44. The lowest BCUT2D eigenvalue weighted by atomic mass is 10.1. The molecule has 1 aliphatic rings. The number of nitrogens with zero attached hydrogens (tertiary/aromatic N) is 3. The fraction of sp³-hybridized carbons (Fsp3) is 0.643. The highest BCUT2D eigenvalue weighted by atomic mass is 79.9. The van der Waals surface area contributed by atoms with Crippen LogP contribution >= 0.6 is 27.5 Å². The van der Waals surface area contributed by atoms with Gasteiger partial charge in [-0.25, -0.2) is 4.98 Å². The van der Waals surface area contributed by atoms with Crippen LogP contribution in [0.4, 0.5) is 5.82 Å². The maximum Gasteiger partial charge on any atom is 0.147 e. The predicted octanol–water partition coefficient (Wildman–Crippen LogP) is 2.75. The highest BCUT2D eigenvalue weighted by molar-refractivity contribution is 9.10. The van der Waals surface area contributed by atoms with Crippen LogP contribution in [0.5, 0.6) is 0 Å². The largest absolute Gasteiger partial charge is 0.353 e. The first-order valence-corrected chi connectivity index (χ1v) is 8.33. The number of nitrogens with two attached hydrogens (primary N) is 1. The Hall–Kier alpha value is -0.360. The van der Waals surface area contributed by atoms with Crippen molar-refractivity contribution >= 4 is 33.3 Å². The molecule has 0 aliphatic carbocycles. The number of pyridine rings is 1. The van der Waals surface area contributed by atoms with E-state index in [9.17, 15) is 0 Å². The summed E-state index contributed by atoms with van der Waals surface area (Å²) in [6, 6.07) is 2.51. The molecule has 4 nitrogen and oxygen atoms in total. The molecule has 6 heteroatoms. The summed E-state index contributed by atoms with van der Waals surface area (Å²) in [6.45, 7) is 7.03. The van der Waals surface area contributed by atoms with Crippen molar-refractivity contribution < 1.29 is 0 Å². The Morgan fingerprint density at radius 1 is 1.40 bits per heavy atom. The topological polar surface area (TPSA) is 45.4 Å². The average Bonchev–Trinajstić information content (AvgIpc) is 2.45. The van der Waals surface area contributed by atoms with Crippen LogP contribution in [0, 0.1) is 0 Å². The first-order valence-electron chi connectivity index (χ1n) is 7.15. The van der Waals surface area contributed by atoms with Crippen molar-refractivity contribution in [2.75, 3.05) is 37.6 Å². The van der Waals surface area contributed by atoms with Gasteiger partial charge in [-0.15, -0.1) is 0 Å². The lowest BCUT2D eigenvalue weighted by Gasteiger charge is -2.39. The molecule has 20 heavy (non-hydrogen) atoms. The van der Waals surface area contributed by atoms with E-state index in [4.69, 9.17) is 17.3 Å². The number of anilines is 1. The lowest BCUT2D eigenvalue weighted by Crippen LogP contribution is -2.51. The molecule has 1 aromatic heterocycles. The van der Waals surface area contributed by atoms with Gasteiger partial charge in [0.15, 0.2) is 0 Å². The Bertz CT molecular complexity index is 435. The number of halogens is 2. The lowest BCUT2D eigenvalue weighted by molar-refractivity contribution is 0.173. The van der Waals surface area contributed by atoms with Gasteiger partial charge in [-0.05, 0) is 41.4 Å². The molecule has 0 aromatic carbocycles. The Balaban J connectivity index is 1.97. The van der Waals surface area contributed by atoms with Crippen molar-refractivity contribution in [3.8, 4) is 0 Å². The molecular formula is C14H22BrClN4. The van der Waals surface area contributed by atoms with E-state index in [-0.39, 0.29) is 0 Å². The van der Waals surface area contributed by atoms with E-state index >= 15 is 0 Å². The number of piperazine rings is 1. The summed E-state index contributed by atoms with van der Waals surface area (Å²) in [6.07, 6.45) is 4.04. The standard InChI is InChI=1S/C14H22BrClN4/c1-2-12(3-4-17)19-5-7-20(8-6-19)14-13(16)9-11(15)10-18-14/h9-10,12H,2-8,17H2,1H3. The minimum Gasteiger partial charge on any atom is -0.353 e. The van der Waals surface area contributed by atoms with Crippen LogP contribution in [0.2, 0.25) is 5.02 Å². The van der Waals surface area contributed by atoms with E-state index in [2.05, 4.69) is 37.6 Å². The second kappa shape index (κ2) is 7.59. The number of aromatic nitrogens is 1. The van der Waals surface area contributed by atoms with Crippen molar-refractivity contribution in [2.24, 2.45) is 5.73 Å². The third-order valence-corrected chi connectivity index (χ3v) is 4.60. The molecule has 112 valence electrons. The fourth-order valence-electron chi connectivity index (χ4n) is 2.78. The zero-order valence-corrected chi connectivity index (χ0v) is 14.2. The first-order chi connectivity index (χ1) is 9.65. The van der Waals surface area contributed by atoms with E-state index < -0.39 is 0 Å². The monoisotopic (exact) mass is 360 g/mol. The van der Waals surface area contributed by atoms with Crippen molar-refractivity contribution in [3.05, 3.63) is 21.8 Å². The predicted molar refractivity (Wildman–Crippen MR) is 88.5 cm³/mol. The van der Waals surface area contributed by atoms with E-state index in [0.717, 1.165) is 55.9 Å². The molecule has 1 unspecified atom stereocenters. The summed E-state index contributed by atoms with van der Waals surface area (Å²) in [5.74, 6) is 0.890. The van der Waals surface area contributed by atoms with Crippen LogP contribution in [0.3, 0.4) is 0 Å². The fourth-order valence-corrected chi connectivity index (χ4v) is 3.53. The van der Waals surface area contributed by atoms with Gasteiger partial charge in [0.1, 0.15) is 5.82 Å². The summed E-state index contributed by atoms with van der Waals surface area (Å²) in [5.41, 5.74) is 5.70. The van der Waals surface area contributed by atoms with Gasteiger partial charge in [-0.3, -0.25) is 4.90 Å². The van der Waals surface area contributed by atoms with E-state index in [1.165, 1.54) is 0 Å². The molecule has 1 aliphatic heterocycles. The van der Waals surface area contributed by atoms with Crippen molar-refractivity contribution in [2.45, 2.75) is 25.8 Å². The molecule has 0 bridgehead atoms. The van der Waals surface area contributed by atoms with Gasteiger partial charge in [0.25, 0.3) is 0 Å². The highest BCUT2D eigenvalue weighted by Gasteiger charge is 2.24. The molecule has 1 fully saturated rings. The number of hydrogen-bond acceptors (Lipinski definition) is 4. The van der Waals surface area contributed by atoms with Crippen molar-refractivity contribution in [3.63, 3.8) is 0 Å². The summed E-state index contributed by atoms with van der Waals surface area (Å²) >= 11 is 9.66. The summed E-state index contributed by atoms with van der Waals surface area (Å²) < 4.78 is 0.916. The van der Waals surface area contributed by atoms with E-state index in [0.29, 0.717) is 11.1 Å². The van der Waals surface area contributed by atoms with Gasteiger partial charge >= 0.3 is 0 Å². The Morgan fingerprint density at radius 2 is 2.10 bits per heavy atom. The summed E-state index contributed by atoms with van der Waals surface area (Å²) in [4.78, 5) is 9.24. The Kier molecular flexibility index (Phi) is 6.08. The zero-order valence-electron chi connectivity index (χ0n) is 11.9. The van der Waals surface area contributed by atoms with Crippen LogP contribution in [0.25, 0.3) is 0 Å². The number of rotatable bonds is 5. The molecule has 1 atom stereocenters. The van der Waals surface area contributed by atoms with E-state index in [1.54, 1.807) is 6.20 Å². The minimum atomic E-state index is 0.607. The second-order valence-electron chi connectivity index (χ2n) is 5.12. The third kappa shape index (κ3) is 3.85. The zero-order chi connectivity index (χ0) is 14.5. The molecule has 1 aromatic rings. The van der Waals surface area contributed by atoms with Crippen LogP contribution < -0.4 is 10.6 Å². The van der Waals surface area contributed by atoms with Gasteiger partial charge in [0.05, 0.1) is 5.02 Å². The smallest absolute Gasteiger partial charge is 0.147 e. The maximum atomic E-state index is 6.27. The Labute approximate surface area is 134 Å². The van der Waals surface area contributed by atoms with Gasteiger partial charge in [-0.2, -0.15) is 0 Å². The molecule has 2 N–H and O–H groups in total. The molecule has 0 spiro atoms. The van der Waals surface area contributed by atoms with Gasteiger partial charge < -0.3 is 10.6 Å². The van der Waals surface area contributed by atoms with Crippen molar-refractivity contribution in [1.82, 2.24) is 9.88 Å². The molecular weight excluding hydrogens is 340 g/mol.